The average molecular weight is 578 g/mol. The molecule has 0 saturated carbocycles. The van der Waals surface area contributed by atoms with Gasteiger partial charge in [0.2, 0.25) is 10.0 Å². The molecule has 0 bridgehead atoms. The van der Waals surface area contributed by atoms with Crippen molar-refractivity contribution >= 4 is 27.6 Å². The monoisotopic (exact) mass is 577 g/mol. The fourth-order valence-electron chi connectivity index (χ4n) is 5.40. The second-order valence-corrected chi connectivity index (χ2v) is 12.5. The van der Waals surface area contributed by atoms with E-state index in [2.05, 4.69) is 9.97 Å². The van der Waals surface area contributed by atoms with Crippen LogP contribution in [-0.2, 0) is 21.4 Å². The summed E-state index contributed by atoms with van der Waals surface area (Å²) in [6.07, 6.45) is 5.23. The Morgan fingerprint density at radius 3 is 2.44 bits per heavy atom. The summed E-state index contributed by atoms with van der Waals surface area (Å²) < 4.78 is 33.5. The number of piperidine rings is 1. The van der Waals surface area contributed by atoms with Crippen molar-refractivity contribution in [2.75, 3.05) is 44.2 Å². The summed E-state index contributed by atoms with van der Waals surface area (Å²) in [6, 6.07) is 17.0. The number of nitrogens with zero attached hydrogens (tertiary/aromatic N) is 5. The van der Waals surface area contributed by atoms with E-state index < -0.39 is 10.0 Å². The zero-order chi connectivity index (χ0) is 28.8. The van der Waals surface area contributed by atoms with Gasteiger partial charge in [-0.3, -0.25) is 10.3 Å². The second-order valence-electron chi connectivity index (χ2n) is 10.6. The van der Waals surface area contributed by atoms with Gasteiger partial charge in [0.05, 0.1) is 25.6 Å². The first-order chi connectivity index (χ1) is 19.8. The lowest BCUT2D eigenvalue weighted by molar-refractivity contribution is 0.0661. The number of benzene rings is 2. The largest absolute Gasteiger partial charge is 0.384 e. The smallest absolute Gasteiger partial charge is 0.324 e. The molecule has 0 radical (unpaired) electrons. The molecule has 2 saturated heterocycles. The number of aromatic nitrogens is 2. The molecule has 2 aliphatic heterocycles. The predicted molar refractivity (Wildman–Crippen MR) is 155 cm³/mol. The molecule has 216 valence electrons. The molecule has 1 aromatic heterocycles. The molecule has 3 aromatic rings. The van der Waals surface area contributed by atoms with Crippen LogP contribution in [0.3, 0.4) is 0 Å². The van der Waals surface area contributed by atoms with E-state index in [0.29, 0.717) is 70.0 Å². The van der Waals surface area contributed by atoms with Crippen molar-refractivity contribution in [2.24, 2.45) is 17.6 Å². The first kappa shape index (κ1) is 28.7. The first-order valence-electron chi connectivity index (χ1n) is 13.7. The van der Waals surface area contributed by atoms with E-state index in [-0.39, 0.29) is 28.6 Å². The molecule has 3 heterocycles. The summed E-state index contributed by atoms with van der Waals surface area (Å²) in [5, 5.41) is 7.82. The van der Waals surface area contributed by atoms with Crippen LogP contribution in [-0.4, -0.2) is 78.8 Å². The Bertz CT molecular complexity index is 1450. The number of amidine groups is 1. The lowest BCUT2D eigenvalue weighted by Crippen LogP contribution is -2.56. The van der Waals surface area contributed by atoms with Gasteiger partial charge in [0.15, 0.2) is 0 Å². The van der Waals surface area contributed by atoms with Crippen LogP contribution in [0.5, 0.6) is 0 Å². The molecule has 11 nitrogen and oxygen atoms in total. The van der Waals surface area contributed by atoms with Crippen LogP contribution in [0.15, 0.2) is 78.2 Å². The molecule has 1 atom stereocenters. The Morgan fingerprint density at radius 1 is 1.00 bits per heavy atom. The number of nitrogens with two attached hydrogens (primary N) is 1. The highest BCUT2D eigenvalue weighted by atomic mass is 32.2. The van der Waals surface area contributed by atoms with Gasteiger partial charge < -0.3 is 15.4 Å². The number of hydrogen-bond donors (Lipinski definition) is 2. The fraction of sp³-hybridized carbons (Fsp3) is 0.379. The first-order valence-corrected chi connectivity index (χ1v) is 15.1. The highest BCUT2D eigenvalue weighted by molar-refractivity contribution is 7.89. The second kappa shape index (κ2) is 12.8. The molecule has 2 aliphatic rings. The molecule has 2 aromatic carbocycles. The Morgan fingerprint density at radius 2 is 1.73 bits per heavy atom. The molecule has 5 rings (SSSR count). The van der Waals surface area contributed by atoms with Crippen LogP contribution in [0.4, 0.5) is 10.5 Å². The van der Waals surface area contributed by atoms with Gasteiger partial charge >= 0.3 is 6.03 Å². The lowest BCUT2D eigenvalue weighted by atomic mass is 9.96. The van der Waals surface area contributed by atoms with Crippen molar-refractivity contribution in [3.05, 3.63) is 84.4 Å². The van der Waals surface area contributed by atoms with E-state index in [1.54, 1.807) is 23.1 Å². The summed E-state index contributed by atoms with van der Waals surface area (Å²) in [7, 11) is -3.65. The van der Waals surface area contributed by atoms with E-state index in [0.717, 1.165) is 5.56 Å². The number of anilines is 1. The summed E-state index contributed by atoms with van der Waals surface area (Å²) >= 11 is 0. The highest BCUT2D eigenvalue weighted by Gasteiger charge is 2.36. The molecular weight excluding hydrogens is 542 g/mol. The maximum Gasteiger partial charge on any atom is 0.324 e. The Kier molecular flexibility index (Phi) is 8.91. The minimum Gasteiger partial charge on any atom is -0.384 e. The highest BCUT2D eigenvalue weighted by Crippen LogP contribution is 2.28. The van der Waals surface area contributed by atoms with Crippen LogP contribution in [0.1, 0.15) is 24.0 Å². The average Bonchev–Trinajstić information content (AvgIpc) is 3.00. The maximum absolute atomic E-state index is 13.7. The molecular formula is C29H35N7O4S. The van der Waals surface area contributed by atoms with Crippen LogP contribution in [0, 0.1) is 17.2 Å². The van der Waals surface area contributed by atoms with Gasteiger partial charge in [-0.1, -0.05) is 42.5 Å². The maximum atomic E-state index is 13.7. The third-order valence-electron chi connectivity index (χ3n) is 7.58. The van der Waals surface area contributed by atoms with Crippen molar-refractivity contribution in [1.29, 1.82) is 5.41 Å². The van der Waals surface area contributed by atoms with Crippen molar-refractivity contribution < 1.29 is 17.9 Å². The van der Waals surface area contributed by atoms with Gasteiger partial charge in [0, 0.05) is 49.9 Å². The van der Waals surface area contributed by atoms with Crippen LogP contribution in [0.25, 0.3) is 0 Å². The quantitative estimate of drug-likeness (QED) is 0.278. The number of ether oxygens (including phenoxy) is 1. The van der Waals surface area contributed by atoms with Gasteiger partial charge in [-0.25, -0.2) is 23.2 Å². The Balaban J connectivity index is 1.26. The number of sulfonamides is 1. The molecule has 3 N–H and O–H groups in total. The van der Waals surface area contributed by atoms with Crippen molar-refractivity contribution in [1.82, 2.24) is 19.2 Å². The fourth-order valence-corrected chi connectivity index (χ4v) is 6.78. The van der Waals surface area contributed by atoms with E-state index in [1.807, 2.05) is 41.3 Å². The SMILES string of the molecule is N=C(N)c1cccc(N2CC(COCc3ccccc3)CN(CC3CCN(S(=O)(=O)c4cncnc4)CC3)C2=O)c1. The van der Waals surface area contributed by atoms with E-state index in [4.69, 9.17) is 15.9 Å². The summed E-state index contributed by atoms with van der Waals surface area (Å²) in [5.74, 6) is 0.169. The molecule has 41 heavy (non-hydrogen) atoms. The number of nitrogens with one attached hydrogen (secondary N) is 1. The number of rotatable bonds is 10. The standard InChI is InChI=1S/C29H35N7O4S/c30-28(31)25-7-4-8-26(13-25)36-18-24(20-40-19-23-5-2-1-3-6-23)17-34(29(36)37)16-22-9-11-35(12-10-22)41(38,39)27-14-32-21-33-15-27/h1-8,13-15,21-22,24H,9-12,16-20H2,(H3,30,31). The Labute approximate surface area is 240 Å². The molecule has 12 heteroatoms. The molecule has 0 aliphatic carbocycles. The summed E-state index contributed by atoms with van der Waals surface area (Å²) in [4.78, 5) is 25.1. The third-order valence-corrected chi connectivity index (χ3v) is 9.43. The molecule has 1 unspecified atom stereocenters. The van der Waals surface area contributed by atoms with Crippen LogP contribution in [0.2, 0.25) is 0 Å². The minimum absolute atomic E-state index is 0.0558. The van der Waals surface area contributed by atoms with Gasteiger partial charge in [0.1, 0.15) is 17.1 Å². The number of amides is 2. The topological polar surface area (TPSA) is 146 Å². The number of carbonyl (C=O) groups excluding carboxylic acids is 1. The van der Waals surface area contributed by atoms with Crippen molar-refractivity contribution in [2.45, 2.75) is 24.3 Å². The molecule has 0 spiro atoms. The number of nitrogen functional groups attached to an aromatic ring is 1. The predicted octanol–water partition coefficient (Wildman–Crippen LogP) is 2.94. The van der Waals surface area contributed by atoms with E-state index in [1.165, 1.54) is 23.0 Å². The van der Waals surface area contributed by atoms with E-state index >= 15 is 0 Å². The van der Waals surface area contributed by atoms with Crippen molar-refractivity contribution in [3.8, 4) is 0 Å². The normalized spacial score (nSPS) is 18.9. The van der Waals surface area contributed by atoms with Gasteiger partial charge in [-0.2, -0.15) is 4.31 Å². The minimum atomic E-state index is -3.65. The van der Waals surface area contributed by atoms with Gasteiger partial charge in [0.25, 0.3) is 0 Å². The Hall–Kier alpha value is -3.87. The van der Waals surface area contributed by atoms with Gasteiger partial charge in [-0.05, 0) is 36.5 Å². The van der Waals surface area contributed by atoms with Crippen LogP contribution >= 0.6 is 0 Å². The zero-order valence-corrected chi connectivity index (χ0v) is 23.6. The number of urea groups is 1. The van der Waals surface area contributed by atoms with E-state index in [9.17, 15) is 13.2 Å². The number of hydrogen-bond acceptors (Lipinski definition) is 7. The summed E-state index contributed by atoms with van der Waals surface area (Å²) in [5.41, 5.74) is 8.05. The molecule has 2 fully saturated rings. The molecule has 2 amide bonds. The lowest BCUT2D eigenvalue weighted by Gasteiger charge is -2.42. The zero-order valence-electron chi connectivity index (χ0n) is 22.8. The van der Waals surface area contributed by atoms with Crippen LogP contribution < -0.4 is 10.6 Å². The van der Waals surface area contributed by atoms with Gasteiger partial charge in [-0.15, -0.1) is 0 Å². The summed E-state index contributed by atoms with van der Waals surface area (Å²) in [6.45, 7) is 3.29. The van der Waals surface area contributed by atoms with Crippen molar-refractivity contribution in [3.63, 3.8) is 0 Å². The number of carbonyl (C=O) groups is 1. The third kappa shape index (κ3) is 6.89.